The van der Waals surface area contributed by atoms with Gasteiger partial charge in [-0.15, -0.1) is 0 Å². The molecule has 3 aromatic carbocycles. The second-order valence-electron chi connectivity index (χ2n) is 7.33. The van der Waals surface area contributed by atoms with Gasteiger partial charge < -0.3 is 14.9 Å². The molecule has 0 amide bonds. The third-order valence-electron chi connectivity index (χ3n) is 5.45. The number of nitrogens with zero attached hydrogens (tertiary/aromatic N) is 1. The van der Waals surface area contributed by atoms with E-state index in [0.717, 1.165) is 11.1 Å². The van der Waals surface area contributed by atoms with Crippen LogP contribution in [-0.2, 0) is 0 Å². The molecule has 1 unspecified atom stereocenters. The van der Waals surface area contributed by atoms with Gasteiger partial charge in [-0.25, -0.2) is 9.18 Å². The Kier molecular flexibility index (Phi) is 4.69. The summed E-state index contributed by atoms with van der Waals surface area (Å²) in [6.07, 6.45) is 0. The maximum atomic E-state index is 13.9. The molecule has 5 rings (SSSR count). The van der Waals surface area contributed by atoms with Crippen LogP contribution in [0, 0.1) is 17.1 Å². The van der Waals surface area contributed by atoms with Crippen LogP contribution in [0.5, 0.6) is 5.75 Å². The molecule has 1 aliphatic heterocycles. The molecule has 0 spiro atoms. The summed E-state index contributed by atoms with van der Waals surface area (Å²) in [6.45, 7) is 0. The number of allylic oxidation sites excluding steroid dienone is 1. The van der Waals surface area contributed by atoms with E-state index < -0.39 is 17.4 Å². The van der Waals surface area contributed by atoms with Crippen LogP contribution >= 0.6 is 11.6 Å². The zero-order valence-electron chi connectivity index (χ0n) is 16.4. The van der Waals surface area contributed by atoms with Crippen molar-refractivity contribution < 1.29 is 13.5 Å². The van der Waals surface area contributed by atoms with E-state index in [1.54, 1.807) is 12.1 Å². The number of benzene rings is 3. The number of nitrogens with two attached hydrogens (primary N) is 1. The minimum Gasteiger partial charge on any atom is -0.439 e. The molecule has 32 heavy (non-hydrogen) atoms. The fraction of sp³-hybridized carbons (Fsp3) is 0.0400. The topological polar surface area (TPSA) is 89.3 Å². The molecular weight excluding hydrogens is 431 g/mol. The van der Waals surface area contributed by atoms with E-state index in [9.17, 15) is 14.4 Å². The minimum atomic E-state index is -0.813. The van der Waals surface area contributed by atoms with Gasteiger partial charge in [-0.1, -0.05) is 48.0 Å². The molecule has 2 heterocycles. The van der Waals surface area contributed by atoms with Crippen molar-refractivity contribution >= 4 is 22.6 Å². The Morgan fingerprint density at radius 1 is 1.00 bits per heavy atom. The number of fused-ring (bicyclic) bond motifs is 3. The van der Waals surface area contributed by atoms with E-state index in [4.69, 9.17) is 26.5 Å². The molecule has 5 nitrogen and oxygen atoms in total. The van der Waals surface area contributed by atoms with Gasteiger partial charge in [0.1, 0.15) is 23.0 Å². The van der Waals surface area contributed by atoms with Crippen molar-refractivity contribution in [1.82, 2.24) is 0 Å². The second kappa shape index (κ2) is 7.56. The van der Waals surface area contributed by atoms with E-state index in [0.29, 0.717) is 10.6 Å². The van der Waals surface area contributed by atoms with Gasteiger partial charge in [0.25, 0.3) is 0 Å². The summed E-state index contributed by atoms with van der Waals surface area (Å²) in [5.74, 6) is -1.37. The Bertz CT molecular complexity index is 1500. The molecule has 0 bridgehead atoms. The molecule has 156 valence electrons. The van der Waals surface area contributed by atoms with Crippen LogP contribution in [0.1, 0.15) is 17.0 Å². The predicted octanol–water partition coefficient (Wildman–Crippen LogP) is 5.47. The number of hydrogen-bond acceptors (Lipinski definition) is 5. The average molecular weight is 445 g/mol. The van der Waals surface area contributed by atoms with E-state index >= 15 is 0 Å². The average Bonchev–Trinajstić information content (AvgIpc) is 2.79. The number of halogens is 2. The normalized spacial score (nSPS) is 15.2. The molecule has 7 heteroatoms. The Labute approximate surface area is 186 Å². The lowest BCUT2D eigenvalue weighted by Crippen LogP contribution is -2.26. The molecule has 1 aliphatic rings. The number of rotatable bonds is 2. The molecule has 4 aromatic rings. The van der Waals surface area contributed by atoms with Crippen LogP contribution in [0.4, 0.5) is 4.39 Å². The Hall–Kier alpha value is -4.08. The fourth-order valence-electron chi connectivity index (χ4n) is 3.94. The second-order valence-corrected chi connectivity index (χ2v) is 7.76. The van der Waals surface area contributed by atoms with E-state index in [-0.39, 0.29) is 33.7 Å². The summed E-state index contributed by atoms with van der Waals surface area (Å²) in [6, 6.07) is 20.6. The van der Waals surface area contributed by atoms with Crippen LogP contribution < -0.4 is 16.1 Å². The first-order valence-corrected chi connectivity index (χ1v) is 10.0. The van der Waals surface area contributed by atoms with Gasteiger partial charge in [-0.2, -0.15) is 5.26 Å². The van der Waals surface area contributed by atoms with Crippen molar-refractivity contribution in [2.24, 2.45) is 5.73 Å². The lowest BCUT2D eigenvalue weighted by molar-refractivity contribution is 0.388. The smallest absolute Gasteiger partial charge is 0.344 e. The molecule has 0 radical (unpaired) electrons. The van der Waals surface area contributed by atoms with E-state index in [2.05, 4.69) is 0 Å². The third-order valence-corrected chi connectivity index (χ3v) is 5.70. The van der Waals surface area contributed by atoms with Gasteiger partial charge in [0.15, 0.2) is 5.75 Å². The Morgan fingerprint density at radius 2 is 1.66 bits per heavy atom. The van der Waals surface area contributed by atoms with Crippen LogP contribution in [0.25, 0.3) is 22.1 Å². The number of ether oxygens (including phenoxy) is 1. The van der Waals surface area contributed by atoms with Gasteiger partial charge in [0.05, 0.1) is 16.9 Å². The van der Waals surface area contributed by atoms with Gasteiger partial charge in [-0.05, 0) is 47.0 Å². The van der Waals surface area contributed by atoms with E-state index in [1.807, 2.05) is 42.5 Å². The fourth-order valence-corrected chi connectivity index (χ4v) is 4.06. The summed E-state index contributed by atoms with van der Waals surface area (Å²) in [5, 5.41) is 10.7. The van der Waals surface area contributed by atoms with Crippen LogP contribution in [0.3, 0.4) is 0 Å². The lowest BCUT2D eigenvalue weighted by Gasteiger charge is -2.26. The number of nitriles is 1. The summed E-state index contributed by atoms with van der Waals surface area (Å²) >= 11 is 5.96. The van der Waals surface area contributed by atoms with Crippen LogP contribution in [0.2, 0.25) is 5.02 Å². The SMILES string of the molecule is N#CC1=C(N)Oc2c(c(=O)oc3ccc(F)cc23)C1c1ccc(-c2ccc(Cl)cc2)cc1. The molecule has 1 atom stereocenters. The highest BCUT2D eigenvalue weighted by Crippen LogP contribution is 2.43. The predicted molar refractivity (Wildman–Crippen MR) is 119 cm³/mol. The maximum Gasteiger partial charge on any atom is 0.344 e. The highest BCUT2D eigenvalue weighted by Gasteiger charge is 2.35. The molecule has 0 saturated carbocycles. The summed E-state index contributed by atoms with van der Waals surface area (Å²) < 4.78 is 25.0. The van der Waals surface area contributed by atoms with Crippen molar-refractivity contribution in [2.75, 3.05) is 0 Å². The van der Waals surface area contributed by atoms with Gasteiger partial charge in [0.2, 0.25) is 5.88 Å². The monoisotopic (exact) mass is 444 g/mol. The highest BCUT2D eigenvalue weighted by atomic mass is 35.5. The Balaban J connectivity index is 1.69. The quantitative estimate of drug-likeness (QED) is 0.414. The van der Waals surface area contributed by atoms with Crippen LogP contribution in [0.15, 0.2) is 87.4 Å². The molecule has 1 aromatic heterocycles. The molecule has 2 N–H and O–H groups in total. The molecular formula is C25H14ClFN2O3. The molecule has 0 saturated heterocycles. The van der Waals surface area contributed by atoms with Crippen molar-refractivity contribution in [2.45, 2.75) is 5.92 Å². The van der Waals surface area contributed by atoms with Crippen molar-refractivity contribution in [3.05, 3.63) is 111 Å². The zero-order chi connectivity index (χ0) is 22.4. The Morgan fingerprint density at radius 3 is 2.31 bits per heavy atom. The molecule has 0 aliphatic carbocycles. The zero-order valence-corrected chi connectivity index (χ0v) is 17.2. The van der Waals surface area contributed by atoms with Crippen LogP contribution in [-0.4, -0.2) is 0 Å². The first-order chi connectivity index (χ1) is 15.5. The largest absolute Gasteiger partial charge is 0.439 e. The first kappa shape index (κ1) is 19.9. The first-order valence-electron chi connectivity index (χ1n) is 9.66. The minimum absolute atomic E-state index is 0.0831. The van der Waals surface area contributed by atoms with Gasteiger partial charge in [-0.3, -0.25) is 0 Å². The van der Waals surface area contributed by atoms with Crippen molar-refractivity contribution in [3.8, 4) is 22.9 Å². The summed E-state index contributed by atoms with van der Waals surface area (Å²) in [4.78, 5) is 12.9. The third kappa shape index (κ3) is 3.20. The summed E-state index contributed by atoms with van der Waals surface area (Å²) in [5.41, 5.74) is 8.26. The van der Waals surface area contributed by atoms with Crippen molar-refractivity contribution in [1.29, 1.82) is 5.26 Å². The summed E-state index contributed by atoms with van der Waals surface area (Å²) in [7, 11) is 0. The maximum absolute atomic E-state index is 13.9. The lowest BCUT2D eigenvalue weighted by atomic mass is 9.83. The van der Waals surface area contributed by atoms with Gasteiger partial charge >= 0.3 is 5.63 Å². The standard InChI is InChI=1S/C25H14ClFN2O3/c26-16-7-5-14(6-8-16)13-1-3-15(4-2-13)21-19(12-28)24(29)32-23-18-11-17(27)9-10-20(18)31-25(30)22(21)23/h1-11,21H,29H2. The van der Waals surface area contributed by atoms with Gasteiger partial charge in [0, 0.05) is 5.02 Å². The highest BCUT2D eigenvalue weighted by molar-refractivity contribution is 6.30. The molecule has 0 fully saturated rings. The van der Waals surface area contributed by atoms with E-state index in [1.165, 1.54) is 18.2 Å². The number of hydrogen-bond donors (Lipinski definition) is 1. The van der Waals surface area contributed by atoms with Crippen molar-refractivity contribution in [3.63, 3.8) is 0 Å².